The van der Waals surface area contributed by atoms with Crippen LogP contribution in [0.4, 0.5) is 4.79 Å². The minimum Gasteiger partial charge on any atom is -0.494 e. The first-order chi connectivity index (χ1) is 13.6. The molecule has 1 fully saturated rings. The molecule has 9 heteroatoms. The summed E-state index contributed by atoms with van der Waals surface area (Å²) in [6.07, 6.45) is 0.392. The lowest BCUT2D eigenvalue weighted by Crippen LogP contribution is -2.43. The first-order valence-corrected chi connectivity index (χ1v) is 9.48. The third-order valence-corrected chi connectivity index (χ3v) is 4.69. The first-order valence-electron chi connectivity index (χ1n) is 9.10. The van der Waals surface area contributed by atoms with Crippen molar-refractivity contribution in [1.82, 2.24) is 9.88 Å². The zero-order valence-corrected chi connectivity index (χ0v) is 17.4. The molecule has 1 amide bonds. The van der Waals surface area contributed by atoms with Gasteiger partial charge in [0.15, 0.2) is 0 Å². The van der Waals surface area contributed by atoms with Crippen molar-refractivity contribution in [1.29, 1.82) is 0 Å². The maximum absolute atomic E-state index is 12.4. The van der Waals surface area contributed by atoms with E-state index in [1.807, 2.05) is 0 Å². The van der Waals surface area contributed by atoms with Gasteiger partial charge in [-0.25, -0.2) is 14.6 Å². The molecule has 1 saturated heterocycles. The molecule has 1 aromatic heterocycles. The predicted molar refractivity (Wildman–Crippen MR) is 107 cm³/mol. The lowest BCUT2D eigenvalue weighted by molar-refractivity contribution is -0.142. The van der Waals surface area contributed by atoms with Crippen molar-refractivity contribution in [3.8, 4) is 11.6 Å². The van der Waals surface area contributed by atoms with E-state index in [-0.39, 0.29) is 13.0 Å². The molecule has 1 N–H and O–H groups in total. The number of rotatable bonds is 4. The maximum atomic E-state index is 12.4. The Morgan fingerprint density at radius 2 is 2.00 bits per heavy atom. The van der Waals surface area contributed by atoms with Gasteiger partial charge in [-0.1, -0.05) is 11.6 Å². The molecule has 1 aliphatic rings. The molecule has 1 aliphatic heterocycles. The minimum atomic E-state index is -1.11. The molecular weight excluding hydrogens is 400 g/mol. The van der Waals surface area contributed by atoms with Gasteiger partial charge in [0.05, 0.1) is 19.9 Å². The van der Waals surface area contributed by atoms with Crippen LogP contribution in [-0.2, 0) is 9.53 Å². The number of carboxylic acid groups (broad SMARTS) is 1. The normalized spacial score (nSPS) is 19.3. The number of carbonyl (C=O) groups is 2. The van der Waals surface area contributed by atoms with Crippen LogP contribution in [0, 0.1) is 0 Å². The zero-order chi connectivity index (χ0) is 21.3. The number of carbonyl (C=O) groups excluding carboxylic acids is 1. The number of aromatic nitrogens is 1. The molecule has 29 heavy (non-hydrogen) atoms. The maximum Gasteiger partial charge on any atom is 0.411 e. The highest BCUT2D eigenvalue weighted by molar-refractivity contribution is 6.31. The lowest BCUT2D eigenvalue weighted by atomic mass is 10.1. The number of fused-ring (bicyclic) bond motifs is 1. The van der Waals surface area contributed by atoms with Crippen molar-refractivity contribution >= 4 is 34.4 Å². The van der Waals surface area contributed by atoms with Gasteiger partial charge in [-0.15, -0.1) is 0 Å². The van der Waals surface area contributed by atoms with Crippen LogP contribution in [0.5, 0.6) is 11.6 Å². The topological polar surface area (TPSA) is 98.2 Å². The van der Waals surface area contributed by atoms with Gasteiger partial charge in [-0.05, 0) is 39.0 Å². The van der Waals surface area contributed by atoms with E-state index in [9.17, 15) is 14.7 Å². The molecule has 0 bridgehead atoms. The second-order valence-corrected chi connectivity index (χ2v) is 8.22. The molecule has 3 rings (SSSR count). The van der Waals surface area contributed by atoms with Gasteiger partial charge in [-0.2, -0.15) is 0 Å². The Morgan fingerprint density at radius 3 is 2.62 bits per heavy atom. The Morgan fingerprint density at radius 1 is 1.28 bits per heavy atom. The van der Waals surface area contributed by atoms with Gasteiger partial charge in [-0.3, -0.25) is 4.90 Å². The van der Waals surface area contributed by atoms with Crippen molar-refractivity contribution in [2.24, 2.45) is 0 Å². The molecule has 156 valence electrons. The quantitative estimate of drug-likeness (QED) is 0.801. The molecule has 2 atom stereocenters. The van der Waals surface area contributed by atoms with E-state index in [2.05, 4.69) is 4.98 Å². The van der Waals surface area contributed by atoms with E-state index in [0.29, 0.717) is 22.0 Å². The zero-order valence-electron chi connectivity index (χ0n) is 16.6. The number of amides is 1. The Kier molecular flexibility index (Phi) is 5.75. The summed E-state index contributed by atoms with van der Waals surface area (Å²) in [5.41, 5.74) is -0.733. The van der Waals surface area contributed by atoms with E-state index in [1.165, 1.54) is 11.1 Å². The Labute approximate surface area is 173 Å². The molecule has 1 aromatic carbocycles. The SMILES string of the molecule is COc1cnc(OC2CC(C(=O)O)N(C(=O)OC(C)(C)C)C2)c2cc(Cl)ccc12. The Hall–Kier alpha value is -2.74. The molecule has 2 aromatic rings. The fourth-order valence-electron chi connectivity index (χ4n) is 3.22. The number of ether oxygens (including phenoxy) is 3. The van der Waals surface area contributed by atoms with Crippen molar-refractivity contribution in [3.63, 3.8) is 0 Å². The van der Waals surface area contributed by atoms with Crippen molar-refractivity contribution in [2.45, 2.75) is 44.9 Å². The molecule has 0 aliphatic carbocycles. The Bertz CT molecular complexity index is 942. The summed E-state index contributed by atoms with van der Waals surface area (Å²) < 4.78 is 16.7. The third kappa shape index (κ3) is 4.64. The van der Waals surface area contributed by atoms with Crippen LogP contribution < -0.4 is 9.47 Å². The van der Waals surface area contributed by atoms with Gasteiger partial charge in [0.1, 0.15) is 23.5 Å². The van der Waals surface area contributed by atoms with Crippen molar-refractivity contribution in [3.05, 3.63) is 29.4 Å². The van der Waals surface area contributed by atoms with E-state index in [0.717, 1.165) is 5.39 Å². The van der Waals surface area contributed by atoms with Crippen LogP contribution in [0.1, 0.15) is 27.2 Å². The summed E-state index contributed by atoms with van der Waals surface area (Å²) in [5.74, 6) is -0.254. The second-order valence-electron chi connectivity index (χ2n) is 7.78. The van der Waals surface area contributed by atoms with Gasteiger partial charge in [0.25, 0.3) is 0 Å². The van der Waals surface area contributed by atoms with Gasteiger partial charge in [0.2, 0.25) is 5.88 Å². The summed E-state index contributed by atoms with van der Waals surface area (Å²) in [5, 5.41) is 11.4. The van der Waals surface area contributed by atoms with Gasteiger partial charge >= 0.3 is 12.1 Å². The average molecular weight is 423 g/mol. The predicted octanol–water partition coefficient (Wildman–Crippen LogP) is 3.74. The minimum absolute atomic E-state index is 0.0711. The number of hydrogen-bond donors (Lipinski definition) is 1. The average Bonchev–Trinajstić information content (AvgIpc) is 3.05. The molecule has 0 radical (unpaired) electrons. The molecule has 0 spiro atoms. The molecular formula is C20H23ClN2O6. The van der Waals surface area contributed by atoms with E-state index in [4.69, 9.17) is 25.8 Å². The first kappa shape index (κ1) is 21.0. The van der Waals surface area contributed by atoms with E-state index >= 15 is 0 Å². The number of likely N-dealkylation sites (tertiary alicyclic amines) is 1. The van der Waals surface area contributed by atoms with Crippen LogP contribution >= 0.6 is 11.6 Å². The number of aliphatic carboxylic acids is 1. The van der Waals surface area contributed by atoms with E-state index < -0.39 is 29.8 Å². The number of benzene rings is 1. The molecule has 2 unspecified atom stereocenters. The van der Waals surface area contributed by atoms with Crippen molar-refractivity contribution in [2.75, 3.05) is 13.7 Å². The highest BCUT2D eigenvalue weighted by Gasteiger charge is 2.43. The largest absolute Gasteiger partial charge is 0.494 e. The third-order valence-electron chi connectivity index (χ3n) is 4.45. The fourth-order valence-corrected chi connectivity index (χ4v) is 3.39. The van der Waals surface area contributed by atoms with Crippen LogP contribution in [0.2, 0.25) is 5.02 Å². The smallest absolute Gasteiger partial charge is 0.411 e. The number of methoxy groups -OCH3 is 1. The Balaban J connectivity index is 1.86. The van der Waals surface area contributed by atoms with E-state index in [1.54, 1.807) is 46.1 Å². The monoisotopic (exact) mass is 422 g/mol. The molecule has 2 heterocycles. The van der Waals surface area contributed by atoms with Crippen LogP contribution in [0.25, 0.3) is 10.8 Å². The highest BCUT2D eigenvalue weighted by atomic mass is 35.5. The van der Waals surface area contributed by atoms with Crippen molar-refractivity contribution < 1.29 is 28.9 Å². The number of hydrogen-bond acceptors (Lipinski definition) is 6. The molecule has 8 nitrogen and oxygen atoms in total. The summed E-state index contributed by atoms with van der Waals surface area (Å²) >= 11 is 6.12. The number of pyridine rings is 1. The van der Waals surface area contributed by atoms with Crippen LogP contribution in [0.15, 0.2) is 24.4 Å². The van der Waals surface area contributed by atoms with Gasteiger partial charge in [0, 0.05) is 22.2 Å². The fraction of sp³-hybridized carbons (Fsp3) is 0.450. The molecule has 0 saturated carbocycles. The van der Waals surface area contributed by atoms with Crippen LogP contribution in [0.3, 0.4) is 0 Å². The summed E-state index contributed by atoms with van der Waals surface area (Å²) in [6, 6.07) is 4.20. The summed E-state index contributed by atoms with van der Waals surface area (Å²) in [7, 11) is 1.54. The summed E-state index contributed by atoms with van der Waals surface area (Å²) in [4.78, 5) is 29.6. The van der Waals surface area contributed by atoms with Gasteiger partial charge < -0.3 is 19.3 Å². The second kappa shape index (κ2) is 7.94. The standard InChI is InChI=1S/C20H23ClN2O6/c1-20(2,3)29-19(26)23-10-12(8-15(23)18(24)25)28-17-14-7-11(21)5-6-13(14)16(27-4)9-22-17/h5-7,9,12,15H,8,10H2,1-4H3,(H,24,25). The number of halogens is 1. The number of carboxylic acids is 1. The highest BCUT2D eigenvalue weighted by Crippen LogP contribution is 2.34. The lowest BCUT2D eigenvalue weighted by Gasteiger charge is -2.26. The number of nitrogens with zero attached hydrogens (tertiary/aromatic N) is 2. The summed E-state index contributed by atoms with van der Waals surface area (Å²) in [6.45, 7) is 5.24. The van der Waals surface area contributed by atoms with Crippen LogP contribution in [-0.4, -0.2) is 58.5 Å².